The van der Waals surface area contributed by atoms with E-state index in [0.29, 0.717) is 10.6 Å². The lowest BCUT2D eigenvalue weighted by Gasteiger charge is -2.08. The molecule has 0 spiro atoms. The molecule has 7 nitrogen and oxygen atoms in total. The molecule has 0 aliphatic heterocycles. The molecule has 8 heteroatoms. The Labute approximate surface area is 146 Å². The average Bonchev–Trinajstić information content (AvgIpc) is 3.33. The standard InChI is InChI=1S/C17H13N3O4S/c21-15(19-20-16(22)13-6-2-8-24-13)11-4-1-5-12(10-11)18-17(23)14-7-3-9-25-14/h1-10H,(H,18,23)(H,19,21)(H,20,22). The van der Waals surface area contributed by atoms with Crippen molar-refractivity contribution in [3.05, 3.63) is 76.4 Å². The molecule has 25 heavy (non-hydrogen) atoms. The van der Waals surface area contributed by atoms with Gasteiger partial charge in [0.2, 0.25) is 0 Å². The first-order chi connectivity index (χ1) is 12.1. The fourth-order valence-electron chi connectivity index (χ4n) is 1.99. The van der Waals surface area contributed by atoms with Crippen LogP contribution < -0.4 is 16.2 Å². The van der Waals surface area contributed by atoms with Crippen LogP contribution in [0.5, 0.6) is 0 Å². The molecule has 3 rings (SSSR count). The lowest BCUT2D eigenvalue weighted by Crippen LogP contribution is -2.41. The molecule has 0 bridgehead atoms. The first kappa shape index (κ1) is 16.5. The summed E-state index contributed by atoms with van der Waals surface area (Å²) in [4.78, 5) is 36.4. The normalized spacial score (nSPS) is 10.1. The van der Waals surface area contributed by atoms with Crippen molar-refractivity contribution >= 4 is 34.7 Å². The highest BCUT2D eigenvalue weighted by atomic mass is 32.1. The Balaban J connectivity index is 1.61. The highest BCUT2D eigenvalue weighted by Crippen LogP contribution is 2.15. The second-order valence-electron chi connectivity index (χ2n) is 4.90. The molecular formula is C17H13N3O4S. The van der Waals surface area contributed by atoms with E-state index in [2.05, 4.69) is 16.2 Å². The van der Waals surface area contributed by atoms with Crippen molar-refractivity contribution in [2.75, 3.05) is 5.32 Å². The SMILES string of the molecule is O=C(NNC(=O)c1ccco1)c1cccc(NC(=O)c2cccs2)c1. The van der Waals surface area contributed by atoms with Gasteiger partial charge >= 0.3 is 5.91 Å². The van der Waals surface area contributed by atoms with Crippen molar-refractivity contribution in [3.63, 3.8) is 0 Å². The summed E-state index contributed by atoms with van der Waals surface area (Å²) in [5, 5.41) is 4.52. The van der Waals surface area contributed by atoms with E-state index in [9.17, 15) is 14.4 Å². The number of hydrogen-bond acceptors (Lipinski definition) is 5. The molecule has 0 aliphatic rings. The molecule has 3 N–H and O–H groups in total. The number of carbonyl (C=O) groups is 3. The van der Waals surface area contributed by atoms with E-state index < -0.39 is 11.8 Å². The number of carbonyl (C=O) groups excluding carboxylic acids is 3. The third-order valence-corrected chi connectivity index (χ3v) is 4.03. The van der Waals surface area contributed by atoms with Crippen LogP contribution in [0.3, 0.4) is 0 Å². The number of amides is 3. The Hall–Kier alpha value is -3.39. The summed E-state index contributed by atoms with van der Waals surface area (Å²) in [5.41, 5.74) is 5.29. The van der Waals surface area contributed by atoms with E-state index >= 15 is 0 Å². The Morgan fingerprint density at radius 2 is 1.72 bits per heavy atom. The van der Waals surface area contributed by atoms with Gasteiger partial charge in [0.25, 0.3) is 11.8 Å². The van der Waals surface area contributed by atoms with Crippen LogP contribution in [-0.4, -0.2) is 17.7 Å². The molecule has 126 valence electrons. The zero-order valence-corrected chi connectivity index (χ0v) is 13.6. The van der Waals surface area contributed by atoms with Crippen molar-refractivity contribution in [1.82, 2.24) is 10.9 Å². The van der Waals surface area contributed by atoms with Crippen LogP contribution in [0.15, 0.2) is 64.6 Å². The first-order valence-electron chi connectivity index (χ1n) is 7.22. The van der Waals surface area contributed by atoms with E-state index in [1.807, 2.05) is 0 Å². The summed E-state index contributed by atoms with van der Waals surface area (Å²) in [7, 11) is 0. The second-order valence-corrected chi connectivity index (χ2v) is 5.85. The third kappa shape index (κ3) is 4.12. The topological polar surface area (TPSA) is 100 Å². The number of thiophene rings is 1. The minimum Gasteiger partial charge on any atom is -0.459 e. The zero-order chi connectivity index (χ0) is 17.6. The monoisotopic (exact) mass is 355 g/mol. The van der Waals surface area contributed by atoms with Crippen LogP contribution in [0, 0.1) is 0 Å². The number of hydrazine groups is 1. The van der Waals surface area contributed by atoms with Gasteiger partial charge in [0.15, 0.2) is 5.76 Å². The van der Waals surface area contributed by atoms with Crippen molar-refractivity contribution in [1.29, 1.82) is 0 Å². The maximum atomic E-state index is 12.1. The van der Waals surface area contributed by atoms with Gasteiger partial charge in [-0.2, -0.15) is 0 Å². The minimum absolute atomic E-state index is 0.0808. The Morgan fingerprint density at radius 3 is 2.44 bits per heavy atom. The smallest absolute Gasteiger partial charge is 0.305 e. The number of furan rings is 1. The quantitative estimate of drug-likeness (QED) is 0.626. The first-order valence-corrected chi connectivity index (χ1v) is 8.10. The summed E-state index contributed by atoms with van der Waals surface area (Å²) < 4.78 is 4.92. The van der Waals surface area contributed by atoms with Gasteiger partial charge in [0.05, 0.1) is 11.1 Å². The second kappa shape index (κ2) is 7.45. The average molecular weight is 355 g/mol. The largest absolute Gasteiger partial charge is 0.459 e. The van der Waals surface area contributed by atoms with Gasteiger partial charge in [-0.3, -0.25) is 25.2 Å². The molecule has 0 atom stereocenters. The minimum atomic E-state index is -0.569. The molecule has 0 aliphatic carbocycles. The molecule has 0 fully saturated rings. The number of benzene rings is 1. The molecule has 3 aromatic rings. The van der Waals surface area contributed by atoms with Crippen molar-refractivity contribution in [3.8, 4) is 0 Å². The highest BCUT2D eigenvalue weighted by molar-refractivity contribution is 7.12. The Bertz CT molecular complexity index is 889. The van der Waals surface area contributed by atoms with Crippen molar-refractivity contribution in [2.24, 2.45) is 0 Å². The maximum Gasteiger partial charge on any atom is 0.305 e. The van der Waals surface area contributed by atoms with Crippen LogP contribution in [0.4, 0.5) is 5.69 Å². The molecule has 0 unspecified atom stereocenters. The number of nitrogens with one attached hydrogen (secondary N) is 3. The Morgan fingerprint density at radius 1 is 0.880 bits per heavy atom. The van der Waals surface area contributed by atoms with Gasteiger partial charge in [-0.1, -0.05) is 12.1 Å². The van der Waals surface area contributed by atoms with Gasteiger partial charge in [-0.15, -0.1) is 11.3 Å². The van der Waals surface area contributed by atoms with Crippen molar-refractivity contribution < 1.29 is 18.8 Å². The van der Waals surface area contributed by atoms with Gasteiger partial charge < -0.3 is 9.73 Å². The van der Waals surface area contributed by atoms with Crippen LogP contribution in [0.25, 0.3) is 0 Å². The summed E-state index contributed by atoms with van der Waals surface area (Å²) in [5.74, 6) is -1.26. The Kier molecular flexibility index (Phi) is 4.91. The lowest BCUT2D eigenvalue weighted by molar-refractivity contribution is 0.0831. The number of hydrogen-bond donors (Lipinski definition) is 3. The fraction of sp³-hybridized carbons (Fsp3) is 0. The third-order valence-electron chi connectivity index (χ3n) is 3.16. The van der Waals surface area contributed by atoms with E-state index in [-0.39, 0.29) is 17.2 Å². The van der Waals surface area contributed by atoms with E-state index in [4.69, 9.17) is 4.42 Å². The summed E-state index contributed by atoms with van der Waals surface area (Å²) in [6.07, 6.45) is 1.36. The van der Waals surface area contributed by atoms with Gasteiger partial charge in [0.1, 0.15) is 0 Å². The summed E-state index contributed by atoms with van der Waals surface area (Å²) >= 11 is 1.32. The molecule has 0 saturated carbocycles. The molecule has 2 aromatic heterocycles. The molecule has 2 heterocycles. The number of rotatable bonds is 4. The van der Waals surface area contributed by atoms with E-state index in [1.54, 1.807) is 41.8 Å². The molecule has 3 amide bonds. The highest BCUT2D eigenvalue weighted by Gasteiger charge is 2.12. The van der Waals surface area contributed by atoms with Crippen molar-refractivity contribution in [2.45, 2.75) is 0 Å². The van der Waals surface area contributed by atoms with E-state index in [0.717, 1.165) is 0 Å². The summed E-state index contributed by atoms with van der Waals surface area (Å²) in [6, 6.07) is 12.9. The van der Waals surface area contributed by atoms with Crippen LogP contribution in [0.1, 0.15) is 30.6 Å². The van der Waals surface area contributed by atoms with Crippen LogP contribution in [0.2, 0.25) is 0 Å². The van der Waals surface area contributed by atoms with Crippen LogP contribution >= 0.6 is 11.3 Å². The molecule has 1 aromatic carbocycles. The zero-order valence-electron chi connectivity index (χ0n) is 12.8. The molecule has 0 saturated heterocycles. The van der Waals surface area contributed by atoms with Gasteiger partial charge in [-0.25, -0.2) is 0 Å². The predicted molar refractivity (Wildman–Crippen MR) is 92.4 cm³/mol. The van der Waals surface area contributed by atoms with Gasteiger partial charge in [0, 0.05) is 11.3 Å². The van der Waals surface area contributed by atoms with Crippen LogP contribution in [-0.2, 0) is 0 Å². The predicted octanol–water partition coefficient (Wildman–Crippen LogP) is 2.67. The fourth-order valence-corrected chi connectivity index (χ4v) is 2.61. The van der Waals surface area contributed by atoms with E-state index in [1.165, 1.54) is 29.7 Å². The molecule has 0 radical (unpaired) electrons. The molecular weight excluding hydrogens is 342 g/mol. The van der Waals surface area contributed by atoms with Gasteiger partial charge in [-0.05, 0) is 41.8 Å². The number of anilines is 1. The summed E-state index contributed by atoms with van der Waals surface area (Å²) in [6.45, 7) is 0. The lowest BCUT2D eigenvalue weighted by atomic mass is 10.2. The maximum absolute atomic E-state index is 12.1.